The number of aromatic nitrogens is 2. The highest BCUT2D eigenvalue weighted by Crippen LogP contribution is 2.15. The Morgan fingerprint density at radius 3 is 3.07 bits per heavy atom. The van der Waals surface area contributed by atoms with Gasteiger partial charge in [-0.05, 0) is 18.2 Å². The summed E-state index contributed by atoms with van der Waals surface area (Å²) in [7, 11) is 1.36. The molecule has 0 radical (unpaired) electrons. The number of benzene rings is 1. The van der Waals surface area contributed by atoms with Gasteiger partial charge in [-0.2, -0.15) is 12.6 Å². The smallest absolute Gasteiger partial charge is 0.337 e. The highest BCUT2D eigenvalue weighted by molar-refractivity contribution is 7.79. The number of hydrogen-bond acceptors (Lipinski definition) is 4. The number of nitrogens with zero attached hydrogens (tertiary/aromatic N) is 1. The van der Waals surface area contributed by atoms with E-state index in [0.717, 1.165) is 16.9 Å². The van der Waals surface area contributed by atoms with Gasteiger partial charge >= 0.3 is 5.97 Å². The minimum absolute atomic E-state index is 0.348. The predicted octanol–water partition coefficient (Wildman–Crippen LogP) is 1.78. The molecule has 0 bridgehead atoms. The van der Waals surface area contributed by atoms with Crippen LogP contribution in [-0.2, 0) is 10.5 Å². The second kappa shape index (κ2) is 3.94. The molecule has 1 aromatic carbocycles. The number of carbonyl (C=O) groups is 1. The molecule has 0 aliphatic carbocycles. The minimum atomic E-state index is -0.348. The van der Waals surface area contributed by atoms with Gasteiger partial charge in [0.15, 0.2) is 0 Å². The average molecular weight is 222 g/mol. The molecule has 0 saturated carbocycles. The molecule has 2 aromatic rings. The number of ether oxygens (including phenoxy) is 1. The monoisotopic (exact) mass is 222 g/mol. The van der Waals surface area contributed by atoms with Crippen molar-refractivity contribution in [3.8, 4) is 0 Å². The molecule has 1 N–H and O–H groups in total. The summed E-state index contributed by atoms with van der Waals surface area (Å²) < 4.78 is 4.63. The summed E-state index contributed by atoms with van der Waals surface area (Å²) in [6.45, 7) is 0. The van der Waals surface area contributed by atoms with Gasteiger partial charge in [0.05, 0.1) is 23.7 Å². The van der Waals surface area contributed by atoms with E-state index in [1.165, 1.54) is 7.11 Å². The topological polar surface area (TPSA) is 55.0 Å². The molecule has 0 fully saturated rings. The first-order chi connectivity index (χ1) is 7.24. The molecule has 15 heavy (non-hydrogen) atoms. The summed E-state index contributed by atoms with van der Waals surface area (Å²) >= 11 is 4.12. The van der Waals surface area contributed by atoms with Gasteiger partial charge in [0.25, 0.3) is 0 Å². The Morgan fingerprint density at radius 2 is 2.40 bits per heavy atom. The molecule has 0 amide bonds. The molecule has 2 rings (SSSR count). The van der Waals surface area contributed by atoms with Gasteiger partial charge in [-0.1, -0.05) is 0 Å². The Hall–Kier alpha value is -1.49. The Bertz CT molecular complexity index is 507. The van der Waals surface area contributed by atoms with Crippen molar-refractivity contribution in [2.45, 2.75) is 5.75 Å². The molecule has 0 atom stereocenters. The molecule has 0 saturated heterocycles. The molecule has 0 spiro atoms. The zero-order chi connectivity index (χ0) is 10.8. The summed E-state index contributed by atoms with van der Waals surface area (Å²) in [5.74, 6) is 0.983. The normalized spacial score (nSPS) is 10.5. The first-order valence-corrected chi connectivity index (χ1v) is 5.05. The van der Waals surface area contributed by atoms with Crippen molar-refractivity contribution in [2.75, 3.05) is 7.11 Å². The number of imidazole rings is 1. The lowest BCUT2D eigenvalue weighted by molar-refractivity contribution is 0.0601. The zero-order valence-corrected chi connectivity index (χ0v) is 9.04. The predicted molar refractivity (Wildman–Crippen MR) is 60.1 cm³/mol. The summed E-state index contributed by atoms with van der Waals surface area (Å²) in [6, 6.07) is 5.20. The van der Waals surface area contributed by atoms with Crippen LogP contribution in [0.5, 0.6) is 0 Å². The van der Waals surface area contributed by atoms with Crippen molar-refractivity contribution in [3.05, 3.63) is 29.6 Å². The Balaban J connectivity index is 2.50. The van der Waals surface area contributed by atoms with Gasteiger partial charge in [0.2, 0.25) is 0 Å². The van der Waals surface area contributed by atoms with Crippen LogP contribution in [0.15, 0.2) is 18.2 Å². The standard InChI is InChI=1S/C10H10N2O2S/c1-14-10(13)6-2-3-7-8(4-6)12-9(5-15)11-7/h2-4,15H,5H2,1H3,(H,11,12). The molecule has 5 heteroatoms. The van der Waals surface area contributed by atoms with E-state index in [2.05, 4.69) is 27.3 Å². The molecule has 0 aliphatic heterocycles. The molecule has 4 nitrogen and oxygen atoms in total. The summed E-state index contributed by atoms with van der Waals surface area (Å²) in [5.41, 5.74) is 2.16. The van der Waals surface area contributed by atoms with Crippen molar-refractivity contribution in [1.29, 1.82) is 0 Å². The number of methoxy groups -OCH3 is 1. The number of hydrogen-bond donors (Lipinski definition) is 2. The number of carbonyl (C=O) groups excluding carboxylic acids is 1. The van der Waals surface area contributed by atoms with Crippen molar-refractivity contribution < 1.29 is 9.53 Å². The largest absolute Gasteiger partial charge is 0.465 e. The minimum Gasteiger partial charge on any atom is -0.465 e. The maximum Gasteiger partial charge on any atom is 0.337 e. The van der Waals surface area contributed by atoms with Crippen molar-refractivity contribution in [1.82, 2.24) is 9.97 Å². The highest BCUT2D eigenvalue weighted by Gasteiger charge is 2.08. The fraction of sp³-hybridized carbons (Fsp3) is 0.200. The van der Waals surface area contributed by atoms with E-state index in [0.29, 0.717) is 11.3 Å². The van der Waals surface area contributed by atoms with Crippen molar-refractivity contribution in [2.24, 2.45) is 0 Å². The third-order valence-electron chi connectivity index (χ3n) is 2.10. The third-order valence-corrected chi connectivity index (χ3v) is 2.40. The number of H-pyrrole nitrogens is 1. The molecular formula is C10H10N2O2S. The second-order valence-electron chi connectivity index (χ2n) is 3.07. The highest BCUT2D eigenvalue weighted by atomic mass is 32.1. The van der Waals surface area contributed by atoms with E-state index in [1.54, 1.807) is 18.2 Å². The van der Waals surface area contributed by atoms with Crippen LogP contribution in [-0.4, -0.2) is 23.0 Å². The van der Waals surface area contributed by atoms with Crippen LogP contribution in [0.3, 0.4) is 0 Å². The van der Waals surface area contributed by atoms with E-state index in [1.807, 2.05) is 0 Å². The zero-order valence-electron chi connectivity index (χ0n) is 8.15. The van der Waals surface area contributed by atoms with Gasteiger partial charge < -0.3 is 9.72 Å². The molecule has 0 unspecified atom stereocenters. The number of aromatic amines is 1. The molecule has 78 valence electrons. The lowest BCUT2D eigenvalue weighted by Crippen LogP contribution is -2.00. The molecular weight excluding hydrogens is 212 g/mol. The lowest BCUT2D eigenvalue weighted by Gasteiger charge is -1.97. The fourth-order valence-electron chi connectivity index (χ4n) is 1.38. The Labute approximate surface area is 92.1 Å². The van der Waals surface area contributed by atoms with Crippen LogP contribution in [0.4, 0.5) is 0 Å². The third kappa shape index (κ3) is 1.83. The Kier molecular flexibility index (Phi) is 2.64. The second-order valence-corrected chi connectivity index (χ2v) is 3.38. The first-order valence-electron chi connectivity index (χ1n) is 4.42. The van der Waals surface area contributed by atoms with E-state index >= 15 is 0 Å². The number of thiol groups is 1. The van der Waals surface area contributed by atoms with Gasteiger partial charge in [0, 0.05) is 5.75 Å². The number of nitrogens with one attached hydrogen (secondary N) is 1. The molecule has 1 heterocycles. The maximum absolute atomic E-state index is 11.3. The van der Waals surface area contributed by atoms with E-state index in [-0.39, 0.29) is 5.97 Å². The SMILES string of the molecule is COC(=O)c1ccc2nc(CS)[nH]c2c1. The van der Waals surface area contributed by atoms with Crippen molar-refractivity contribution in [3.63, 3.8) is 0 Å². The summed E-state index contributed by atoms with van der Waals surface area (Å²) in [6.07, 6.45) is 0. The number of rotatable bonds is 2. The van der Waals surface area contributed by atoms with Crippen LogP contribution >= 0.6 is 12.6 Å². The van der Waals surface area contributed by atoms with Crippen LogP contribution in [0.25, 0.3) is 11.0 Å². The maximum atomic E-state index is 11.3. The number of esters is 1. The van der Waals surface area contributed by atoms with Crippen molar-refractivity contribution >= 4 is 29.6 Å². The average Bonchev–Trinajstić information content (AvgIpc) is 2.69. The fourth-order valence-corrected chi connectivity index (χ4v) is 1.53. The Morgan fingerprint density at radius 1 is 1.60 bits per heavy atom. The van der Waals surface area contributed by atoms with Crippen LogP contribution < -0.4 is 0 Å². The van der Waals surface area contributed by atoms with E-state index in [9.17, 15) is 4.79 Å². The van der Waals surface area contributed by atoms with E-state index in [4.69, 9.17) is 0 Å². The van der Waals surface area contributed by atoms with Crippen LogP contribution in [0, 0.1) is 0 Å². The quantitative estimate of drug-likeness (QED) is 0.601. The summed E-state index contributed by atoms with van der Waals surface area (Å²) in [4.78, 5) is 18.6. The molecule has 1 aromatic heterocycles. The number of fused-ring (bicyclic) bond motifs is 1. The van der Waals surface area contributed by atoms with Crippen LogP contribution in [0.2, 0.25) is 0 Å². The lowest BCUT2D eigenvalue weighted by atomic mass is 10.2. The molecule has 0 aliphatic rings. The van der Waals surface area contributed by atoms with Gasteiger partial charge in [0.1, 0.15) is 5.82 Å². The summed E-state index contributed by atoms with van der Waals surface area (Å²) in [5, 5.41) is 0. The van der Waals surface area contributed by atoms with Crippen LogP contribution in [0.1, 0.15) is 16.2 Å². The first kappa shape index (κ1) is 10.0. The van der Waals surface area contributed by atoms with E-state index < -0.39 is 0 Å². The van der Waals surface area contributed by atoms with Gasteiger partial charge in [-0.15, -0.1) is 0 Å². The van der Waals surface area contributed by atoms with Gasteiger partial charge in [-0.3, -0.25) is 0 Å². The van der Waals surface area contributed by atoms with Gasteiger partial charge in [-0.25, -0.2) is 9.78 Å².